The molecule has 2 N–H and O–H groups in total. The van der Waals surface area contributed by atoms with Crippen LogP contribution in [0.25, 0.3) is 0 Å². The molecule has 0 unspecified atom stereocenters. The third-order valence-electron chi connectivity index (χ3n) is 2.15. The predicted molar refractivity (Wildman–Crippen MR) is 54.5 cm³/mol. The highest BCUT2D eigenvalue weighted by Gasteiger charge is 1.98. The van der Waals surface area contributed by atoms with Crippen molar-refractivity contribution in [2.45, 2.75) is 13.1 Å². The van der Waals surface area contributed by atoms with Gasteiger partial charge in [0.05, 0.1) is 6.26 Å². The molecular formula is C12H14NO+. The number of rotatable bonds is 4. The Bertz CT molecular complexity index is 353. The zero-order chi connectivity index (χ0) is 9.64. The smallest absolute Gasteiger partial charge is 0.157 e. The Morgan fingerprint density at radius 3 is 2.50 bits per heavy atom. The van der Waals surface area contributed by atoms with Crippen molar-refractivity contribution >= 4 is 0 Å². The Labute approximate surface area is 83.6 Å². The average Bonchev–Trinajstić information content (AvgIpc) is 2.72. The Balaban J connectivity index is 1.79. The maximum absolute atomic E-state index is 5.24. The minimum atomic E-state index is 0.905. The molecule has 2 rings (SSSR count). The molecule has 1 heterocycles. The monoisotopic (exact) mass is 188 g/mol. The van der Waals surface area contributed by atoms with Crippen molar-refractivity contribution in [3.05, 3.63) is 60.1 Å². The third kappa shape index (κ3) is 2.47. The zero-order valence-corrected chi connectivity index (χ0v) is 8.02. The molecule has 72 valence electrons. The molecule has 0 amide bonds. The zero-order valence-electron chi connectivity index (χ0n) is 8.02. The summed E-state index contributed by atoms with van der Waals surface area (Å²) >= 11 is 0. The predicted octanol–water partition coefficient (Wildman–Crippen LogP) is 1.54. The summed E-state index contributed by atoms with van der Waals surface area (Å²) in [5.41, 5.74) is 1.35. The van der Waals surface area contributed by atoms with Gasteiger partial charge in [0.25, 0.3) is 0 Å². The number of nitrogens with two attached hydrogens (primary N) is 1. The standard InChI is InChI=1S/C12H13NO/c1-2-5-11(6-3-1)9-13-10-12-7-4-8-14-12/h1-8,13H,9-10H2/p+1. The molecule has 1 aromatic carbocycles. The van der Waals surface area contributed by atoms with Gasteiger partial charge in [-0.2, -0.15) is 0 Å². The van der Waals surface area contributed by atoms with E-state index in [4.69, 9.17) is 4.42 Å². The van der Waals surface area contributed by atoms with Crippen molar-refractivity contribution in [1.29, 1.82) is 0 Å². The second-order valence-electron chi connectivity index (χ2n) is 3.26. The number of quaternary nitrogens is 1. The summed E-state index contributed by atoms with van der Waals surface area (Å²) in [6.45, 7) is 1.91. The lowest BCUT2D eigenvalue weighted by Crippen LogP contribution is -2.80. The molecular weight excluding hydrogens is 174 g/mol. The van der Waals surface area contributed by atoms with Crippen molar-refractivity contribution in [1.82, 2.24) is 0 Å². The van der Waals surface area contributed by atoms with Gasteiger partial charge in [0.1, 0.15) is 13.1 Å². The van der Waals surface area contributed by atoms with Crippen molar-refractivity contribution in [2.75, 3.05) is 0 Å². The van der Waals surface area contributed by atoms with Crippen molar-refractivity contribution in [3.63, 3.8) is 0 Å². The molecule has 2 heteroatoms. The minimum Gasteiger partial charge on any atom is -0.463 e. The molecule has 14 heavy (non-hydrogen) atoms. The first-order valence-electron chi connectivity index (χ1n) is 4.83. The summed E-state index contributed by atoms with van der Waals surface area (Å²) in [6.07, 6.45) is 1.71. The van der Waals surface area contributed by atoms with E-state index in [1.54, 1.807) is 6.26 Å². The third-order valence-corrected chi connectivity index (χ3v) is 2.15. The van der Waals surface area contributed by atoms with Gasteiger partial charge in [0.15, 0.2) is 5.76 Å². The molecule has 0 bridgehead atoms. The lowest BCUT2D eigenvalue weighted by Gasteiger charge is -1.99. The van der Waals surface area contributed by atoms with Gasteiger partial charge in [-0.25, -0.2) is 0 Å². The first-order valence-corrected chi connectivity index (χ1v) is 4.83. The molecule has 0 aliphatic rings. The van der Waals surface area contributed by atoms with E-state index >= 15 is 0 Å². The molecule has 0 saturated carbocycles. The average molecular weight is 188 g/mol. The molecule has 0 aliphatic heterocycles. The molecule has 2 aromatic rings. The van der Waals surface area contributed by atoms with E-state index in [1.165, 1.54) is 5.56 Å². The van der Waals surface area contributed by atoms with Crippen molar-refractivity contribution in [2.24, 2.45) is 0 Å². The van der Waals surface area contributed by atoms with Crippen LogP contribution in [0.2, 0.25) is 0 Å². The van der Waals surface area contributed by atoms with Crippen LogP contribution in [0.5, 0.6) is 0 Å². The molecule has 2 nitrogen and oxygen atoms in total. The highest BCUT2D eigenvalue weighted by molar-refractivity contribution is 5.13. The van der Waals surface area contributed by atoms with Gasteiger partial charge in [0, 0.05) is 5.56 Å². The van der Waals surface area contributed by atoms with Crippen molar-refractivity contribution in [3.8, 4) is 0 Å². The van der Waals surface area contributed by atoms with Crippen LogP contribution >= 0.6 is 0 Å². The first kappa shape index (κ1) is 9.03. The Kier molecular flexibility index (Phi) is 2.99. The largest absolute Gasteiger partial charge is 0.463 e. The maximum Gasteiger partial charge on any atom is 0.157 e. The summed E-state index contributed by atoms with van der Waals surface area (Å²) in [7, 11) is 0. The normalized spacial score (nSPS) is 10.3. The highest BCUT2D eigenvalue weighted by atomic mass is 16.3. The van der Waals surface area contributed by atoms with Gasteiger partial charge < -0.3 is 9.73 Å². The Hall–Kier alpha value is -1.54. The van der Waals surface area contributed by atoms with Crippen LogP contribution in [0.3, 0.4) is 0 Å². The SMILES string of the molecule is c1ccc(C[NH2+]Cc2ccco2)cc1. The van der Waals surface area contributed by atoms with Gasteiger partial charge in [-0.15, -0.1) is 0 Å². The second-order valence-corrected chi connectivity index (χ2v) is 3.26. The van der Waals surface area contributed by atoms with Gasteiger partial charge in [0.2, 0.25) is 0 Å². The highest BCUT2D eigenvalue weighted by Crippen LogP contribution is 1.97. The minimum absolute atomic E-state index is 0.905. The molecule has 0 spiro atoms. The van der Waals surface area contributed by atoms with E-state index in [-0.39, 0.29) is 0 Å². The fourth-order valence-electron chi connectivity index (χ4n) is 1.42. The first-order chi connectivity index (χ1) is 6.95. The van der Waals surface area contributed by atoms with Gasteiger partial charge >= 0.3 is 0 Å². The summed E-state index contributed by atoms with van der Waals surface area (Å²) in [4.78, 5) is 0. The van der Waals surface area contributed by atoms with Gasteiger partial charge in [-0.1, -0.05) is 30.3 Å². The fourth-order valence-corrected chi connectivity index (χ4v) is 1.42. The van der Waals surface area contributed by atoms with E-state index in [0.29, 0.717) is 0 Å². The van der Waals surface area contributed by atoms with Crippen LogP contribution < -0.4 is 5.32 Å². The van der Waals surface area contributed by atoms with E-state index in [2.05, 4.69) is 29.6 Å². The maximum atomic E-state index is 5.24. The van der Waals surface area contributed by atoms with Crippen LogP contribution in [0.15, 0.2) is 53.1 Å². The van der Waals surface area contributed by atoms with E-state index in [1.807, 2.05) is 18.2 Å². The molecule has 0 atom stereocenters. The molecule has 0 radical (unpaired) electrons. The Morgan fingerprint density at radius 2 is 1.79 bits per heavy atom. The van der Waals surface area contributed by atoms with E-state index in [0.717, 1.165) is 18.8 Å². The van der Waals surface area contributed by atoms with E-state index in [9.17, 15) is 0 Å². The molecule has 0 aliphatic carbocycles. The van der Waals surface area contributed by atoms with Gasteiger partial charge in [-0.3, -0.25) is 0 Å². The van der Waals surface area contributed by atoms with Crippen LogP contribution in [-0.2, 0) is 13.1 Å². The lowest BCUT2D eigenvalue weighted by atomic mass is 10.2. The topological polar surface area (TPSA) is 29.8 Å². The quantitative estimate of drug-likeness (QED) is 0.775. The van der Waals surface area contributed by atoms with Crippen molar-refractivity contribution < 1.29 is 9.73 Å². The molecule has 1 aromatic heterocycles. The fraction of sp³-hybridized carbons (Fsp3) is 0.167. The summed E-state index contributed by atoms with van der Waals surface area (Å²) in [5, 5.41) is 2.23. The lowest BCUT2D eigenvalue weighted by molar-refractivity contribution is -0.687. The van der Waals surface area contributed by atoms with Crippen LogP contribution in [-0.4, -0.2) is 0 Å². The van der Waals surface area contributed by atoms with Gasteiger partial charge in [-0.05, 0) is 12.1 Å². The number of hydrogen-bond acceptors (Lipinski definition) is 1. The molecule has 0 fully saturated rings. The summed E-state index contributed by atoms with van der Waals surface area (Å²) < 4.78 is 5.24. The van der Waals surface area contributed by atoms with Crippen LogP contribution in [0.1, 0.15) is 11.3 Å². The number of hydrogen-bond donors (Lipinski definition) is 1. The van der Waals surface area contributed by atoms with Crippen LogP contribution in [0.4, 0.5) is 0 Å². The van der Waals surface area contributed by atoms with E-state index < -0.39 is 0 Å². The second kappa shape index (κ2) is 4.63. The van der Waals surface area contributed by atoms with Crippen LogP contribution in [0, 0.1) is 0 Å². The molecule has 0 saturated heterocycles. The number of benzene rings is 1. The Morgan fingerprint density at radius 1 is 0.929 bits per heavy atom. The number of furan rings is 1. The summed E-state index contributed by atoms with van der Waals surface area (Å²) in [6, 6.07) is 14.4. The summed E-state index contributed by atoms with van der Waals surface area (Å²) in [5.74, 6) is 1.03.